The Balaban J connectivity index is 1.48. The van der Waals surface area contributed by atoms with Gasteiger partial charge in [-0.25, -0.2) is 0 Å². The lowest BCUT2D eigenvalue weighted by atomic mass is 10.1. The lowest BCUT2D eigenvalue weighted by molar-refractivity contribution is 0.0749. The van der Waals surface area contributed by atoms with Crippen molar-refractivity contribution in [3.8, 4) is 11.4 Å². The van der Waals surface area contributed by atoms with Crippen molar-refractivity contribution < 1.29 is 9.26 Å². The van der Waals surface area contributed by atoms with Gasteiger partial charge in [-0.1, -0.05) is 35.0 Å². The molecule has 0 aliphatic carbocycles. The third-order valence-corrected chi connectivity index (χ3v) is 4.36. The molecule has 2 aromatic rings. The quantitative estimate of drug-likeness (QED) is 0.726. The zero-order valence-electron chi connectivity index (χ0n) is 14.6. The van der Waals surface area contributed by atoms with Crippen LogP contribution in [0.2, 0.25) is 0 Å². The van der Waals surface area contributed by atoms with Gasteiger partial charge in [-0.05, 0) is 13.8 Å². The second-order valence-electron chi connectivity index (χ2n) is 6.19. The van der Waals surface area contributed by atoms with Gasteiger partial charge < -0.3 is 9.26 Å². The Hall–Kier alpha value is -1.76. The van der Waals surface area contributed by atoms with Crippen molar-refractivity contribution in [1.29, 1.82) is 0 Å². The van der Waals surface area contributed by atoms with Crippen LogP contribution in [0.25, 0.3) is 11.4 Å². The molecule has 3 rings (SSSR count). The molecule has 130 valence electrons. The Bertz CT molecular complexity index is 618. The zero-order chi connectivity index (χ0) is 16.8. The first-order chi connectivity index (χ1) is 11.7. The van der Waals surface area contributed by atoms with Gasteiger partial charge in [-0.2, -0.15) is 4.98 Å². The van der Waals surface area contributed by atoms with Crippen LogP contribution in [0.3, 0.4) is 0 Å². The largest absolute Gasteiger partial charge is 0.380 e. The van der Waals surface area contributed by atoms with Crippen molar-refractivity contribution in [2.75, 3.05) is 45.9 Å². The van der Waals surface area contributed by atoms with Crippen LogP contribution in [0.5, 0.6) is 0 Å². The van der Waals surface area contributed by atoms with Gasteiger partial charge >= 0.3 is 0 Å². The maximum absolute atomic E-state index is 5.42. The summed E-state index contributed by atoms with van der Waals surface area (Å²) in [6.45, 7) is 11.6. The fourth-order valence-electron chi connectivity index (χ4n) is 2.84. The average molecular weight is 330 g/mol. The molecule has 6 nitrogen and oxygen atoms in total. The average Bonchev–Trinajstić information content (AvgIpc) is 3.06. The number of benzene rings is 1. The summed E-state index contributed by atoms with van der Waals surface area (Å²) >= 11 is 0. The number of hydrogen-bond donors (Lipinski definition) is 0. The highest BCUT2D eigenvalue weighted by molar-refractivity contribution is 5.54. The second kappa shape index (κ2) is 8.37. The minimum atomic E-state index is 0.667. The predicted octanol–water partition coefficient (Wildman–Crippen LogP) is 2.20. The van der Waals surface area contributed by atoms with E-state index in [2.05, 4.69) is 39.0 Å². The van der Waals surface area contributed by atoms with Crippen LogP contribution < -0.4 is 0 Å². The van der Waals surface area contributed by atoms with Gasteiger partial charge in [-0.15, -0.1) is 0 Å². The Morgan fingerprint density at radius 3 is 2.50 bits per heavy atom. The van der Waals surface area contributed by atoms with Crippen molar-refractivity contribution in [1.82, 2.24) is 19.9 Å². The summed E-state index contributed by atoms with van der Waals surface area (Å²) in [6.07, 6.45) is 0. The smallest absolute Gasteiger partial charge is 0.241 e. The molecule has 0 unspecified atom stereocenters. The molecule has 24 heavy (non-hydrogen) atoms. The molecule has 1 saturated heterocycles. The molecule has 1 aliphatic heterocycles. The fraction of sp³-hybridized carbons (Fsp3) is 0.556. The van der Waals surface area contributed by atoms with Crippen LogP contribution in [0.4, 0.5) is 0 Å². The first-order valence-electron chi connectivity index (χ1n) is 8.66. The first kappa shape index (κ1) is 17.1. The fourth-order valence-corrected chi connectivity index (χ4v) is 2.84. The van der Waals surface area contributed by atoms with Crippen molar-refractivity contribution in [3.05, 3.63) is 35.7 Å². The van der Waals surface area contributed by atoms with Crippen LogP contribution in [0.15, 0.2) is 28.8 Å². The van der Waals surface area contributed by atoms with E-state index in [9.17, 15) is 0 Å². The van der Waals surface area contributed by atoms with Crippen molar-refractivity contribution in [3.63, 3.8) is 0 Å². The third-order valence-electron chi connectivity index (χ3n) is 4.36. The summed E-state index contributed by atoms with van der Waals surface area (Å²) in [5.74, 6) is 1.36. The standard InChI is InChI=1S/C18H26N4O2/c1-3-23-13-12-21-8-10-22(11-9-21)14-17-19-18(20-24-17)16-6-4-15(2)5-7-16/h4-7H,3,8-14H2,1-2H3. The van der Waals surface area contributed by atoms with E-state index in [1.54, 1.807) is 0 Å². The zero-order valence-corrected chi connectivity index (χ0v) is 14.6. The first-order valence-corrected chi connectivity index (χ1v) is 8.66. The molecule has 0 saturated carbocycles. The summed E-state index contributed by atoms with van der Waals surface area (Å²) in [5, 5.41) is 4.11. The van der Waals surface area contributed by atoms with Crippen LogP contribution in [-0.4, -0.2) is 65.9 Å². The second-order valence-corrected chi connectivity index (χ2v) is 6.19. The number of ether oxygens (including phenoxy) is 1. The van der Waals surface area contributed by atoms with Crippen molar-refractivity contribution >= 4 is 0 Å². The summed E-state index contributed by atoms with van der Waals surface area (Å²) in [7, 11) is 0. The Kier molecular flexibility index (Phi) is 5.96. The summed E-state index contributed by atoms with van der Waals surface area (Å²) in [4.78, 5) is 9.34. The van der Waals surface area contributed by atoms with E-state index in [0.29, 0.717) is 11.7 Å². The molecule has 1 aliphatic rings. The van der Waals surface area contributed by atoms with Gasteiger partial charge in [0, 0.05) is 44.9 Å². The molecule has 1 aromatic carbocycles. The maximum Gasteiger partial charge on any atom is 0.241 e. The number of hydrogen-bond acceptors (Lipinski definition) is 6. The van der Waals surface area contributed by atoms with Crippen LogP contribution in [-0.2, 0) is 11.3 Å². The highest BCUT2D eigenvalue weighted by atomic mass is 16.5. The molecular formula is C18H26N4O2. The molecule has 2 heterocycles. The normalized spacial score (nSPS) is 16.6. The number of rotatable bonds is 7. The van der Waals surface area contributed by atoms with E-state index in [4.69, 9.17) is 9.26 Å². The van der Waals surface area contributed by atoms with E-state index in [1.165, 1.54) is 5.56 Å². The monoisotopic (exact) mass is 330 g/mol. The molecular weight excluding hydrogens is 304 g/mol. The highest BCUT2D eigenvalue weighted by Gasteiger charge is 2.19. The summed E-state index contributed by atoms with van der Waals surface area (Å²) < 4.78 is 10.8. The van der Waals surface area contributed by atoms with E-state index in [0.717, 1.165) is 58.0 Å². The highest BCUT2D eigenvalue weighted by Crippen LogP contribution is 2.17. The van der Waals surface area contributed by atoms with Crippen LogP contribution in [0, 0.1) is 6.92 Å². The molecule has 0 radical (unpaired) electrons. The molecule has 0 amide bonds. The topological polar surface area (TPSA) is 54.6 Å². The van der Waals surface area contributed by atoms with Gasteiger partial charge in [0.25, 0.3) is 0 Å². The van der Waals surface area contributed by atoms with Gasteiger partial charge in [0.2, 0.25) is 11.7 Å². The molecule has 0 atom stereocenters. The van der Waals surface area contributed by atoms with Gasteiger partial charge in [0.1, 0.15) is 0 Å². The molecule has 1 fully saturated rings. The van der Waals surface area contributed by atoms with Crippen molar-refractivity contribution in [2.24, 2.45) is 0 Å². The SMILES string of the molecule is CCOCCN1CCN(Cc2nc(-c3ccc(C)cc3)no2)CC1. The summed E-state index contributed by atoms with van der Waals surface area (Å²) in [6, 6.07) is 8.18. The van der Waals surface area contributed by atoms with E-state index in [1.807, 2.05) is 19.1 Å². The maximum atomic E-state index is 5.42. The summed E-state index contributed by atoms with van der Waals surface area (Å²) in [5.41, 5.74) is 2.22. The van der Waals surface area contributed by atoms with E-state index < -0.39 is 0 Å². The van der Waals surface area contributed by atoms with Gasteiger partial charge in [0.05, 0.1) is 13.2 Å². The van der Waals surface area contributed by atoms with Crippen LogP contribution in [0.1, 0.15) is 18.4 Å². The third kappa shape index (κ3) is 4.63. The van der Waals surface area contributed by atoms with E-state index >= 15 is 0 Å². The molecule has 1 aromatic heterocycles. The van der Waals surface area contributed by atoms with Crippen molar-refractivity contribution in [2.45, 2.75) is 20.4 Å². The minimum Gasteiger partial charge on any atom is -0.380 e. The molecule has 0 N–H and O–H groups in total. The lowest BCUT2D eigenvalue weighted by Gasteiger charge is -2.33. The Labute approximate surface area is 143 Å². The number of piperazine rings is 1. The lowest BCUT2D eigenvalue weighted by Crippen LogP contribution is -2.46. The number of nitrogens with zero attached hydrogens (tertiary/aromatic N) is 4. The van der Waals surface area contributed by atoms with Gasteiger partial charge in [-0.3, -0.25) is 9.80 Å². The van der Waals surface area contributed by atoms with Crippen LogP contribution >= 0.6 is 0 Å². The Morgan fingerprint density at radius 2 is 1.79 bits per heavy atom. The molecule has 0 spiro atoms. The molecule has 6 heteroatoms. The van der Waals surface area contributed by atoms with Gasteiger partial charge in [0.15, 0.2) is 0 Å². The minimum absolute atomic E-state index is 0.667. The Morgan fingerprint density at radius 1 is 1.08 bits per heavy atom. The number of aromatic nitrogens is 2. The molecule has 0 bridgehead atoms. The number of aryl methyl sites for hydroxylation is 1. The van der Waals surface area contributed by atoms with E-state index in [-0.39, 0.29) is 0 Å². The predicted molar refractivity (Wildman–Crippen MR) is 92.7 cm³/mol.